The summed E-state index contributed by atoms with van der Waals surface area (Å²) in [4.78, 5) is 0. The quantitative estimate of drug-likeness (QED) is 0.622. The third-order valence-electron chi connectivity index (χ3n) is 4.31. The van der Waals surface area contributed by atoms with Gasteiger partial charge in [-0.15, -0.1) is 0 Å². The van der Waals surface area contributed by atoms with Crippen molar-refractivity contribution in [3.63, 3.8) is 0 Å². The summed E-state index contributed by atoms with van der Waals surface area (Å²) in [5, 5.41) is 0. The molecule has 0 saturated carbocycles. The van der Waals surface area contributed by atoms with Gasteiger partial charge in [0.25, 0.3) is 0 Å². The van der Waals surface area contributed by atoms with Crippen LogP contribution in [0.1, 0.15) is 22.3 Å². The number of hydrogen-bond donors (Lipinski definition) is 0. The molecule has 3 aromatic carbocycles. The predicted octanol–water partition coefficient (Wildman–Crippen LogP) is 4.23. The molecule has 1 heterocycles. The zero-order valence-electron chi connectivity index (χ0n) is 16.1. The first kappa shape index (κ1) is 18.3. The van der Waals surface area contributed by atoms with Crippen molar-refractivity contribution in [3.05, 3.63) is 82.9 Å². The van der Waals surface area contributed by atoms with E-state index in [4.69, 9.17) is 18.9 Å². The number of hydrogen-bond acceptors (Lipinski definition) is 4. The number of methoxy groups -OCH3 is 2. The standard InChI is InChI=1S/C25H18O4/c1-26-22-13-21(14-23(16-22)27-2)10-8-19-5-3-18(4-6-19)7-9-20-11-12-24-25(15-20)29-17-28-24/h3-6,11-16H,17H2,1-2H3. The lowest BCUT2D eigenvalue weighted by Crippen LogP contribution is -1.92. The summed E-state index contributed by atoms with van der Waals surface area (Å²) >= 11 is 0. The highest BCUT2D eigenvalue weighted by Gasteiger charge is 2.12. The average molecular weight is 382 g/mol. The number of fused-ring (bicyclic) bond motifs is 1. The van der Waals surface area contributed by atoms with E-state index in [9.17, 15) is 0 Å². The molecule has 3 aromatic rings. The Morgan fingerprint density at radius 2 is 1.10 bits per heavy atom. The molecule has 142 valence electrons. The summed E-state index contributed by atoms with van der Waals surface area (Å²) in [6.45, 7) is 0.261. The van der Waals surface area contributed by atoms with Gasteiger partial charge < -0.3 is 18.9 Å². The van der Waals surface area contributed by atoms with Gasteiger partial charge in [-0.05, 0) is 54.6 Å². The number of rotatable bonds is 2. The molecule has 4 nitrogen and oxygen atoms in total. The Morgan fingerprint density at radius 3 is 1.72 bits per heavy atom. The zero-order chi connectivity index (χ0) is 20.1. The van der Waals surface area contributed by atoms with E-state index in [0.717, 1.165) is 33.8 Å². The highest BCUT2D eigenvalue weighted by molar-refractivity contribution is 5.53. The van der Waals surface area contributed by atoms with Gasteiger partial charge in [-0.25, -0.2) is 0 Å². The minimum atomic E-state index is 0.261. The number of benzene rings is 3. The van der Waals surface area contributed by atoms with Gasteiger partial charge in [0.2, 0.25) is 6.79 Å². The smallest absolute Gasteiger partial charge is 0.231 e. The van der Waals surface area contributed by atoms with Crippen molar-refractivity contribution in [3.8, 4) is 46.7 Å². The molecule has 0 unspecified atom stereocenters. The molecular weight excluding hydrogens is 364 g/mol. The lowest BCUT2D eigenvalue weighted by atomic mass is 10.1. The van der Waals surface area contributed by atoms with Crippen molar-refractivity contribution >= 4 is 0 Å². The molecule has 0 radical (unpaired) electrons. The molecule has 0 atom stereocenters. The van der Waals surface area contributed by atoms with E-state index in [2.05, 4.69) is 23.7 Å². The molecule has 0 amide bonds. The molecule has 0 spiro atoms. The highest BCUT2D eigenvalue weighted by Crippen LogP contribution is 2.32. The molecule has 1 aliphatic heterocycles. The SMILES string of the molecule is COc1cc(C#Cc2ccc(C#Cc3ccc4c(c3)OCO4)cc2)cc(OC)c1. The highest BCUT2D eigenvalue weighted by atomic mass is 16.7. The second kappa shape index (κ2) is 8.33. The van der Waals surface area contributed by atoms with Crippen LogP contribution in [0.3, 0.4) is 0 Å². The van der Waals surface area contributed by atoms with E-state index in [-0.39, 0.29) is 6.79 Å². The van der Waals surface area contributed by atoms with Crippen LogP contribution >= 0.6 is 0 Å². The molecule has 0 aliphatic carbocycles. The van der Waals surface area contributed by atoms with Crippen molar-refractivity contribution in [2.75, 3.05) is 21.0 Å². The Hall–Kier alpha value is -4.02. The second-order valence-electron chi connectivity index (χ2n) is 6.25. The topological polar surface area (TPSA) is 36.9 Å². The van der Waals surface area contributed by atoms with Crippen molar-refractivity contribution in [1.29, 1.82) is 0 Å². The molecule has 4 rings (SSSR count). The summed E-state index contributed by atoms with van der Waals surface area (Å²) < 4.78 is 21.2. The maximum absolute atomic E-state index is 5.38. The average Bonchev–Trinajstić information content (AvgIpc) is 3.24. The fourth-order valence-corrected chi connectivity index (χ4v) is 2.78. The molecule has 29 heavy (non-hydrogen) atoms. The van der Waals surface area contributed by atoms with Gasteiger partial charge in [-0.1, -0.05) is 23.7 Å². The molecular formula is C25H18O4. The van der Waals surface area contributed by atoms with E-state index >= 15 is 0 Å². The third-order valence-corrected chi connectivity index (χ3v) is 4.31. The van der Waals surface area contributed by atoms with E-state index in [0.29, 0.717) is 11.5 Å². The Bertz CT molecular complexity index is 1130. The van der Waals surface area contributed by atoms with Gasteiger partial charge in [0.05, 0.1) is 14.2 Å². The van der Waals surface area contributed by atoms with E-state index in [1.165, 1.54) is 0 Å². The first-order chi connectivity index (χ1) is 14.2. The Labute approximate surface area is 170 Å². The van der Waals surface area contributed by atoms with Gasteiger partial charge in [-0.3, -0.25) is 0 Å². The van der Waals surface area contributed by atoms with Crippen molar-refractivity contribution in [2.24, 2.45) is 0 Å². The van der Waals surface area contributed by atoms with Crippen molar-refractivity contribution in [2.45, 2.75) is 0 Å². The van der Waals surface area contributed by atoms with E-state index in [1.54, 1.807) is 14.2 Å². The molecule has 0 N–H and O–H groups in total. The fourth-order valence-electron chi connectivity index (χ4n) is 2.78. The zero-order valence-corrected chi connectivity index (χ0v) is 16.1. The maximum Gasteiger partial charge on any atom is 0.231 e. The maximum atomic E-state index is 5.38. The molecule has 0 bridgehead atoms. The summed E-state index contributed by atoms with van der Waals surface area (Å²) in [5.74, 6) is 15.5. The van der Waals surface area contributed by atoms with Crippen LogP contribution in [0.15, 0.2) is 60.7 Å². The summed E-state index contributed by atoms with van der Waals surface area (Å²) in [7, 11) is 3.24. The third kappa shape index (κ3) is 4.46. The molecule has 4 heteroatoms. The van der Waals surface area contributed by atoms with Gasteiger partial charge in [0.15, 0.2) is 11.5 Å². The van der Waals surface area contributed by atoms with Crippen LogP contribution in [-0.2, 0) is 0 Å². The van der Waals surface area contributed by atoms with Crippen LogP contribution in [0.5, 0.6) is 23.0 Å². The van der Waals surface area contributed by atoms with Crippen LogP contribution in [0.2, 0.25) is 0 Å². The number of ether oxygens (including phenoxy) is 4. The molecule has 0 saturated heterocycles. The molecule has 0 aromatic heterocycles. The van der Waals surface area contributed by atoms with Crippen LogP contribution in [0.4, 0.5) is 0 Å². The van der Waals surface area contributed by atoms with E-state index in [1.807, 2.05) is 60.7 Å². The van der Waals surface area contributed by atoms with Crippen LogP contribution in [0.25, 0.3) is 0 Å². The van der Waals surface area contributed by atoms with Crippen LogP contribution < -0.4 is 18.9 Å². The normalized spacial score (nSPS) is 11.0. The largest absolute Gasteiger partial charge is 0.497 e. The van der Waals surface area contributed by atoms with Gasteiger partial charge in [0, 0.05) is 28.3 Å². The summed E-state index contributed by atoms with van der Waals surface area (Å²) in [6.07, 6.45) is 0. The lowest BCUT2D eigenvalue weighted by Gasteiger charge is -2.04. The monoisotopic (exact) mass is 382 g/mol. The van der Waals surface area contributed by atoms with Crippen LogP contribution in [-0.4, -0.2) is 21.0 Å². The summed E-state index contributed by atoms with van der Waals surface area (Å²) in [6, 6.07) is 19.1. The van der Waals surface area contributed by atoms with Gasteiger partial charge in [0.1, 0.15) is 11.5 Å². The van der Waals surface area contributed by atoms with Crippen molar-refractivity contribution < 1.29 is 18.9 Å². The minimum absolute atomic E-state index is 0.261. The second-order valence-corrected chi connectivity index (χ2v) is 6.25. The predicted molar refractivity (Wildman–Crippen MR) is 111 cm³/mol. The lowest BCUT2D eigenvalue weighted by molar-refractivity contribution is 0.174. The molecule has 0 fully saturated rings. The van der Waals surface area contributed by atoms with Gasteiger partial charge in [-0.2, -0.15) is 0 Å². The van der Waals surface area contributed by atoms with E-state index < -0.39 is 0 Å². The Balaban J connectivity index is 1.49. The Morgan fingerprint density at radius 1 is 0.586 bits per heavy atom. The minimum Gasteiger partial charge on any atom is -0.497 e. The van der Waals surface area contributed by atoms with Crippen molar-refractivity contribution in [1.82, 2.24) is 0 Å². The molecule has 1 aliphatic rings. The first-order valence-corrected chi connectivity index (χ1v) is 9.00. The first-order valence-electron chi connectivity index (χ1n) is 9.00. The Kier molecular flexibility index (Phi) is 5.27. The van der Waals surface area contributed by atoms with Gasteiger partial charge >= 0.3 is 0 Å². The van der Waals surface area contributed by atoms with Crippen LogP contribution in [0, 0.1) is 23.7 Å². The summed E-state index contributed by atoms with van der Waals surface area (Å²) in [5.41, 5.74) is 3.52. The fraction of sp³-hybridized carbons (Fsp3) is 0.120.